The molecule has 0 amide bonds. The van der Waals surface area contributed by atoms with Crippen molar-refractivity contribution in [2.45, 2.75) is 13.8 Å². The van der Waals surface area contributed by atoms with Gasteiger partial charge in [-0.25, -0.2) is 9.97 Å². The average molecular weight is 279 g/mol. The molecule has 0 unspecified atom stereocenters. The van der Waals surface area contributed by atoms with E-state index < -0.39 is 0 Å². The molecule has 2 aromatic rings. The lowest BCUT2D eigenvalue weighted by atomic mass is 10.1. The monoisotopic (exact) mass is 278 g/mol. The van der Waals surface area contributed by atoms with Gasteiger partial charge < -0.3 is 4.74 Å². The molecule has 3 nitrogen and oxygen atoms in total. The zero-order valence-electron chi connectivity index (χ0n) is 9.07. The third-order valence-corrected chi connectivity index (χ3v) is 2.60. The number of aromatic nitrogens is 2. The molecule has 0 aliphatic heterocycles. The van der Waals surface area contributed by atoms with Crippen LogP contribution in [0.2, 0.25) is 0 Å². The van der Waals surface area contributed by atoms with E-state index >= 15 is 0 Å². The number of benzene rings is 1. The van der Waals surface area contributed by atoms with Gasteiger partial charge in [0, 0.05) is 6.07 Å². The number of ether oxygens (including phenoxy) is 1. The van der Waals surface area contributed by atoms with Crippen molar-refractivity contribution in [2.75, 3.05) is 0 Å². The maximum Gasteiger partial charge on any atom is 0.223 e. The summed E-state index contributed by atoms with van der Waals surface area (Å²) in [6.07, 6.45) is 1.46. The lowest BCUT2D eigenvalue weighted by molar-refractivity contribution is 0.457. The van der Waals surface area contributed by atoms with Crippen LogP contribution in [0, 0.1) is 13.8 Å². The van der Waals surface area contributed by atoms with Gasteiger partial charge in [0.05, 0.1) is 0 Å². The Balaban J connectivity index is 2.30. The second-order valence-electron chi connectivity index (χ2n) is 3.55. The predicted molar refractivity (Wildman–Crippen MR) is 65.7 cm³/mol. The summed E-state index contributed by atoms with van der Waals surface area (Å²) in [5.41, 5.74) is 2.24. The van der Waals surface area contributed by atoms with Gasteiger partial charge in [-0.05, 0) is 47.0 Å². The Hall–Kier alpha value is -1.42. The molecule has 0 bridgehead atoms. The van der Waals surface area contributed by atoms with Crippen LogP contribution in [-0.4, -0.2) is 9.97 Å². The maximum atomic E-state index is 5.69. The van der Waals surface area contributed by atoms with Crippen molar-refractivity contribution < 1.29 is 4.74 Å². The Morgan fingerprint density at radius 1 is 1.12 bits per heavy atom. The molecule has 0 saturated carbocycles. The number of hydrogen-bond donors (Lipinski definition) is 0. The molecule has 0 spiro atoms. The molecule has 0 aliphatic rings. The first-order chi connectivity index (χ1) is 7.65. The second kappa shape index (κ2) is 4.61. The smallest absolute Gasteiger partial charge is 0.223 e. The Morgan fingerprint density at radius 2 is 1.94 bits per heavy atom. The standard InChI is InChI=1S/C12H11BrN2O/c1-8-3-4-9(2)10(5-8)16-12-6-11(13)14-7-15-12/h3-7H,1-2H3. The minimum absolute atomic E-state index is 0.538. The molecule has 0 aliphatic carbocycles. The van der Waals surface area contributed by atoms with Crippen molar-refractivity contribution in [1.29, 1.82) is 0 Å². The van der Waals surface area contributed by atoms with E-state index in [1.165, 1.54) is 6.33 Å². The van der Waals surface area contributed by atoms with Crippen LogP contribution in [0.3, 0.4) is 0 Å². The molecule has 2 rings (SSSR count). The van der Waals surface area contributed by atoms with Crippen LogP contribution in [-0.2, 0) is 0 Å². The van der Waals surface area contributed by atoms with E-state index in [1.54, 1.807) is 6.07 Å². The highest BCUT2D eigenvalue weighted by atomic mass is 79.9. The first kappa shape index (κ1) is 11.1. The van der Waals surface area contributed by atoms with E-state index in [0.29, 0.717) is 10.5 Å². The van der Waals surface area contributed by atoms with E-state index in [9.17, 15) is 0 Å². The van der Waals surface area contributed by atoms with E-state index in [0.717, 1.165) is 16.9 Å². The molecule has 4 heteroatoms. The number of hydrogen-bond acceptors (Lipinski definition) is 3. The molecule has 82 valence electrons. The summed E-state index contributed by atoms with van der Waals surface area (Å²) in [5.74, 6) is 1.36. The molecule has 1 heterocycles. The van der Waals surface area contributed by atoms with Crippen LogP contribution in [0.5, 0.6) is 11.6 Å². The first-order valence-corrected chi connectivity index (χ1v) is 5.67. The fraction of sp³-hybridized carbons (Fsp3) is 0.167. The lowest BCUT2D eigenvalue weighted by Gasteiger charge is -2.08. The SMILES string of the molecule is Cc1ccc(C)c(Oc2cc(Br)ncn2)c1. The summed E-state index contributed by atoms with van der Waals surface area (Å²) in [6.45, 7) is 4.03. The van der Waals surface area contributed by atoms with Gasteiger partial charge in [0.2, 0.25) is 5.88 Å². The highest BCUT2D eigenvalue weighted by molar-refractivity contribution is 9.10. The highest BCUT2D eigenvalue weighted by Crippen LogP contribution is 2.25. The van der Waals surface area contributed by atoms with Crippen LogP contribution in [0.4, 0.5) is 0 Å². The maximum absolute atomic E-state index is 5.69. The van der Waals surface area contributed by atoms with E-state index in [1.807, 2.05) is 26.0 Å². The Labute approximate surface area is 103 Å². The molecule has 1 aromatic carbocycles. The topological polar surface area (TPSA) is 35.0 Å². The van der Waals surface area contributed by atoms with Gasteiger partial charge in [0.25, 0.3) is 0 Å². The summed E-state index contributed by atoms with van der Waals surface area (Å²) in [5, 5.41) is 0. The van der Waals surface area contributed by atoms with Gasteiger partial charge in [-0.1, -0.05) is 12.1 Å². The normalized spacial score (nSPS) is 10.2. The van der Waals surface area contributed by atoms with Gasteiger partial charge >= 0.3 is 0 Å². The number of aryl methyl sites for hydroxylation is 2. The first-order valence-electron chi connectivity index (χ1n) is 4.88. The molecule has 16 heavy (non-hydrogen) atoms. The summed E-state index contributed by atoms with van der Waals surface area (Å²) >= 11 is 3.28. The van der Waals surface area contributed by atoms with E-state index in [-0.39, 0.29) is 0 Å². The minimum Gasteiger partial charge on any atom is -0.439 e. The third-order valence-electron chi connectivity index (χ3n) is 2.17. The van der Waals surface area contributed by atoms with Crippen molar-refractivity contribution in [3.63, 3.8) is 0 Å². The Morgan fingerprint density at radius 3 is 2.69 bits per heavy atom. The van der Waals surface area contributed by atoms with Crippen LogP contribution in [0.15, 0.2) is 35.2 Å². The zero-order chi connectivity index (χ0) is 11.5. The van der Waals surface area contributed by atoms with Crippen LogP contribution in [0.1, 0.15) is 11.1 Å². The van der Waals surface area contributed by atoms with Crippen molar-refractivity contribution >= 4 is 15.9 Å². The average Bonchev–Trinajstić information content (AvgIpc) is 2.24. The lowest BCUT2D eigenvalue weighted by Crippen LogP contribution is -1.91. The van der Waals surface area contributed by atoms with Gasteiger partial charge in [-0.3, -0.25) is 0 Å². The van der Waals surface area contributed by atoms with Crippen molar-refractivity contribution in [1.82, 2.24) is 9.97 Å². The Kier molecular flexibility index (Phi) is 3.19. The number of halogens is 1. The second-order valence-corrected chi connectivity index (χ2v) is 4.36. The molecular weight excluding hydrogens is 268 g/mol. The highest BCUT2D eigenvalue weighted by Gasteiger charge is 2.03. The minimum atomic E-state index is 0.538. The van der Waals surface area contributed by atoms with Crippen LogP contribution < -0.4 is 4.74 Å². The van der Waals surface area contributed by atoms with Gasteiger partial charge in [-0.15, -0.1) is 0 Å². The molecule has 0 saturated heterocycles. The van der Waals surface area contributed by atoms with Gasteiger partial charge in [0.1, 0.15) is 16.7 Å². The molecule has 0 radical (unpaired) electrons. The molecule has 1 aromatic heterocycles. The van der Waals surface area contributed by atoms with E-state index in [2.05, 4.69) is 32.0 Å². The fourth-order valence-electron chi connectivity index (χ4n) is 1.30. The molecule has 0 fully saturated rings. The quantitative estimate of drug-likeness (QED) is 0.787. The van der Waals surface area contributed by atoms with Crippen molar-refractivity contribution in [3.05, 3.63) is 46.3 Å². The van der Waals surface area contributed by atoms with Crippen molar-refractivity contribution in [3.8, 4) is 11.6 Å². The summed E-state index contributed by atoms with van der Waals surface area (Å²) in [6, 6.07) is 7.81. The summed E-state index contributed by atoms with van der Waals surface area (Å²) in [4.78, 5) is 7.99. The van der Waals surface area contributed by atoms with Gasteiger partial charge in [-0.2, -0.15) is 0 Å². The molecule has 0 N–H and O–H groups in total. The Bertz CT molecular complexity index is 514. The summed E-state index contributed by atoms with van der Waals surface area (Å²) in [7, 11) is 0. The zero-order valence-corrected chi connectivity index (χ0v) is 10.7. The van der Waals surface area contributed by atoms with Crippen LogP contribution in [0.25, 0.3) is 0 Å². The van der Waals surface area contributed by atoms with Crippen LogP contribution >= 0.6 is 15.9 Å². The van der Waals surface area contributed by atoms with Crippen molar-refractivity contribution in [2.24, 2.45) is 0 Å². The summed E-state index contributed by atoms with van der Waals surface area (Å²) < 4.78 is 6.40. The number of rotatable bonds is 2. The fourth-order valence-corrected chi connectivity index (χ4v) is 1.59. The third kappa shape index (κ3) is 2.58. The molecule has 0 atom stereocenters. The molecular formula is C12H11BrN2O. The van der Waals surface area contributed by atoms with Gasteiger partial charge in [0.15, 0.2) is 0 Å². The van der Waals surface area contributed by atoms with E-state index in [4.69, 9.17) is 4.74 Å². The largest absolute Gasteiger partial charge is 0.439 e. The number of nitrogens with zero attached hydrogens (tertiary/aromatic N) is 2. The predicted octanol–water partition coefficient (Wildman–Crippen LogP) is 3.65.